The first-order chi connectivity index (χ1) is 10.2. The second-order valence-corrected chi connectivity index (χ2v) is 6.65. The normalized spacial score (nSPS) is 17.0. The van der Waals surface area contributed by atoms with Crippen LogP contribution in [0, 0.1) is 5.92 Å². The molecule has 21 heavy (non-hydrogen) atoms. The maximum Gasteiger partial charge on any atom is 0.147 e. The molecule has 1 N–H and O–H groups in total. The molecule has 1 aromatic heterocycles. The smallest absolute Gasteiger partial charge is 0.147 e. The fourth-order valence-corrected chi connectivity index (χ4v) is 2.97. The molecule has 0 aliphatic heterocycles. The van der Waals surface area contributed by atoms with Gasteiger partial charge in [0.25, 0.3) is 0 Å². The van der Waals surface area contributed by atoms with Gasteiger partial charge in [-0.25, -0.2) is 4.98 Å². The van der Waals surface area contributed by atoms with E-state index in [4.69, 9.17) is 4.98 Å². The molecule has 0 atom stereocenters. The minimum atomic E-state index is 0.626. The summed E-state index contributed by atoms with van der Waals surface area (Å²) in [4.78, 5) is 11.5. The fourth-order valence-electron chi connectivity index (χ4n) is 2.97. The fraction of sp³-hybridized carbons (Fsp3) is 0.765. The average molecular weight is 290 g/mol. The molecule has 1 aromatic rings. The maximum absolute atomic E-state index is 4.78. The quantitative estimate of drug-likeness (QED) is 0.815. The van der Waals surface area contributed by atoms with Crippen LogP contribution in [0.15, 0.2) is 12.4 Å². The van der Waals surface area contributed by atoms with Crippen LogP contribution in [-0.4, -0.2) is 29.6 Å². The highest BCUT2D eigenvalue weighted by Gasteiger charge is 2.18. The van der Waals surface area contributed by atoms with Crippen molar-refractivity contribution in [3.63, 3.8) is 0 Å². The van der Waals surface area contributed by atoms with Crippen molar-refractivity contribution in [2.45, 2.75) is 65.0 Å². The second-order valence-electron chi connectivity index (χ2n) is 6.65. The molecule has 4 nitrogen and oxygen atoms in total. The van der Waals surface area contributed by atoms with Gasteiger partial charge in [0, 0.05) is 25.8 Å². The summed E-state index contributed by atoms with van der Waals surface area (Å²) in [7, 11) is 2.17. The molecule has 1 fully saturated rings. The molecule has 0 bridgehead atoms. The van der Waals surface area contributed by atoms with Crippen LogP contribution in [0.5, 0.6) is 0 Å². The van der Waals surface area contributed by atoms with Gasteiger partial charge in [0.05, 0.1) is 11.9 Å². The zero-order valence-electron chi connectivity index (χ0n) is 13.8. The topological polar surface area (TPSA) is 41.1 Å². The maximum atomic E-state index is 4.78. The van der Waals surface area contributed by atoms with Gasteiger partial charge < -0.3 is 10.2 Å². The Hall–Kier alpha value is -1.16. The van der Waals surface area contributed by atoms with Crippen molar-refractivity contribution in [3.05, 3.63) is 18.1 Å². The minimum absolute atomic E-state index is 0.626. The third-order valence-electron chi connectivity index (χ3n) is 4.26. The van der Waals surface area contributed by atoms with Crippen LogP contribution in [0.2, 0.25) is 0 Å². The second kappa shape index (κ2) is 8.32. The van der Waals surface area contributed by atoms with Crippen molar-refractivity contribution in [2.75, 3.05) is 18.5 Å². The summed E-state index contributed by atoms with van der Waals surface area (Å²) >= 11 is 0. The van der Waals surface area contributed by atoms with Crippen LogP contribution in [-0.2, 0) is 6.54 Å². The first kappa shape index (κ1) is 16.2. The summed E-state index contributed by atoms with van der Waals surface area (Å²) < 4.78 is 0. The number of hydrogen-bond acceptors (Lipinski definition) is 4. The molecular formula is C17H30N4. The highest BCUT2D eigenvalue weighted by atomic mass is 15.2. The van der Waals surface area contributed by atoms with Crippen LogP contribution < -0.4 is 10.2 Å². The van der Waals surface area contributed by atoms with Crippen molar-refractivity contribution in [1.82, 2.24) is 15.3 Å². The van der Waals surface area contributed by atoms with E-state index >= 15 is 0 Å². The first-order valence-electron chi connectivity index (χ1n) is 8.41. The highest BCUT2D eigenvalue weighted by Crippen LogP contribution is 2.24. The van der Waals surface area contributed by atoms with E-state index in [1.54, 1.807) is 0 Å². The van der Waals surface area contributed by atoms with E-state index in [1.165, 1.54) is 38.5 Å². The van der Waals surface area contributed by atoms with Gasteiger partial charge in [0.1, 0.15) is 5.82 Å². The van der Waals surface area contributed by atoms with Gasteiger partial charge in [-0.15, -0.1) is 0 Å². The van der Waals surface area contributed by atoms with E-state index < -0.39 is 0 Å². The minimum Gasteiger partial charge on any atom is -0.355 e. The Bertz CT molecular complexity index is 411. The molecule has 0 unspecified atom stereocenters. The number of nitrogens with one attached hydrogen (secondary N) is 1. The van der Waals surface area contributed by atoms with Gasteiger partial charge in [0.15, 0.2) is 0 Å². The van der Waals surface area contributed by atoms with Crippen LogP contribution >= 0.6 is 0 Å². The molecule has 1 heterocycles. The zero-order valence-corrected chi connectivity index (χ0v) is 13.8. The van der Waals surface area contributed by atoms with Gasteiger partial charge in [-0.2, -0.15) is 0 Å². The number of aromatic nitrogens is 2. The average Bonchev–Trinajstić information content (AvgIpc) is 2.75. The Morgan fingerprint density at radius 2 is 1.90 bits per heavy atom. The number of nitrogens with zero attached hydrogens (tertiary/aromatic N) is 3. The lowest BCUT2D eigenvalue weighted by Gasteiger charge is -2.28. The van der Waals surface area contributed by atoms with E-state index in [0.717, 1.165) is 24.6 Å². The lowest BCUT2D eigenvalue weighted by Crippen LogP contribution is -2.32. The standard InChI is InChI=1S/C17H30N4/c1-14(2)10-18-11-15-12-19-13-17(20-15)21(3)16-8-6-4-5-7-9-16/h12-14,16,18H,4-11H2,1-3H3. The molecule has 0 amide bonds. The van der Waals surface area contributed by atoms with E-state index in [0.29, 0.717) is 12.0 Å². The van der Waals surface area contributed by atoms with E-state index in [-0.39, 0.29) is 0 Å². The summed E-state index contributed by atoms with van der Waals surface area (Å²) in [5.74, 6) is 1.68. The predicted molar refractivity (Wildman–Crippen MR) is 88.5 cm³/mol. The zero-order chi connectivity index (χ0) is 15.1. The Kier molecular flexibility index (Phi) is 6.43. The van der Waals surface area contributed by atoms with E-state index in [1.807, 2.05) is 12.4 Å². The molecule has 2 rings (SSSR count). The lowest BCUT2D eigenvalue weighted by molar-refractivity contribution is 0.539. The molecule has 0 aromatic carbocycles. The van der Waals surface area contributed by atoms with E-state index in [2.05, 4.69) is 36.1 Å². The van der Waals surface area contributed by atoms with Gasteiger partial charge in [0.2, 0.25) is 0 Å². The molecule has 0 radical (unpaired) electrons. The molecule has 1 aliphatic rings. The molecule has 118 valence electrons. The lowest BCUT2D eigenvalue weighted by atomic mass is 10.1. The third-order valence-corrected chi connectivity index (χ3v) is 4.26. The number of hydrogen-bond donors (Lipinski definition) is 1. The van der Waals surface area contributed by atoms with Crippen LogP contribution in [0.25, 0.3) is 0 Å². The summed E-state index contributed by atoms with van der Waals surface area (Å²) in [5.41, 5.74) is 1.04. The van der Waals surface area contributed by atoms with Gasteiger partial charge >= 0.3 is 0 Å². The van der Waals surface area contributed by atoms with Crippen molar-refractivity contribution >= 4 is 5.82 Å². The molecule has 0 saturated heterocycles. The van der Waals surface area contributed by atoms with Crippen molar-refractivity contribution in [1.29, 1.82) is 0 Å². The Morgan fingerprint density at radius 3 is 2.57 bits per heavy atom. The summed E-state index contributed by atoms with van der Waals surface area (Å²) in [6.07, 6.45) is 11.8. The monoisotopic (exact) mass is 290 g/mol. The Morgan fingerprint density at radius 1 is 1.19 bits per heavy atom. The summed E-state index contributed by atoms with van der Waals surface area (Å²) in [6, 6.07) is 0.626. The molecule has 1 aliphatic carbocycles. The molecule has 0 spiro atoms. The van der Waals surface area contributed by atoms with Crippen molar-refractivity contribution < 1.29 is 0 Å². The predicted octanol–water partition coefficient (Wildman–Crippen LogP) is 3.38. The van der Waals surface area contributed by atoms with Gasteiger partial charge in [-0.1, -0.05) is 39.5 Å². The SMILES string of the molecule is CC(C)CNCc1cncc(N(C)C2CCCCCC2)n1. The summed E-state index contributed by atoms with van der Waals surface area (Å²) in [6.45, 7) is 6.26. The molecule has 1 saturated carbocycles. The highest BCUT2D eigenvalue weighted by molar-refractivity contribution is 5.36. The van der Waals surface area contributed by atoms with E-state index in [9.17, 15) is 0 Å². The van der Waals surface area contributed by atoms with Crippen LogP contribution in [0.4, 0.5) is 5.82 Å². The van der Waals surface area contributed by atoms with Gasteiger partial charge in [-0.05, 0) is 25.3 Å². The van der Waals surface area contributed by atoms with Crippen molar-refractivity contribution in [3.8, 4) is 0 Å². The first-order valence-corrected chi connectivity index (χ1v) is 8.41. The van der Waals surface area contributed by atoms with Crippen LogP contribution in [0.1, 0.15) is 58.1 Å². The van der Waals surface area contributed by atoms with Gasteiger partial charge in [-0.3, -0.25) is 4.98 Å². The third kappa shape index (κ3) is 5.27. The number of rotatable bonds is 6. The Labute approximate surface area is 129 Å². The Balaban J connectivity index is 1.95. The van der Waals surface area contributed by atoms with Crippen LogP contribution in [0.3, 0.4) is 0 Å². The summed E-state index contributed by atoms with van der Waals surface area (Å²) in [5, 5.41) is 3.44. The largest absolute Gasteiger partial charge is 0.355 e. The number of anilines is 1. The van der Waals surface area contributed by atoms with Crippen molar-refractivity contribution in [2.24, 2.45) is 5.92 Å². The molecule has 4 heteroatoms. The molecular weight excluding hydrogens is 260 g/mol.